The molecule has 3 amide bonds. The van der Waals surface area contributed by atoms with E-state index < -0.39 is 11.8 Å². The summed E-state index contributed by atoms with van der Waals surface area (Å²) >= 11 is 0. The van der Waals surface area contributed by atoms with Crippen molar-refractivity contribution in [1.29, 1.82) is 0 Å². The zero-order valence-electron chi connectivity index (χ0n) is 18.0. The van der Waals surface area contributed by atoms with Gasteiger partial charge in [0, 0.05) is 37.9 Å². The van der Waals surface area contributed by atoms with Crippen molar-refractivity contribution in [3.8, 4) is 0 Å². The number of benzene rings is 1. The van der Waals surface area contributed by atoms with E-state index >= 15 is 0 Å². The van der Waals surface area contributed by atoms with Gasteiger partial charge in [0.25, 0.3) is 0 Å². The molecule has 29 heavy (non-hydrogen) atoms. The van der Waals surface area contributed by atoms with Gasteiger partial charge in [0.2, 0.25) is 5.91 Å². The van der Waals surface area contributed by atoms with E-state index in [1.54, 1.807) is 25.1 Å². The van der Waals surface area contributed by atoms with Crippen LogP contribution in [0.2, 0.25) is 0 Å². The maximum Gasteiger partial charge on any atom is 0.313 e. The zero-order chi connectivity index (χ0) is 21.4. The van der Waals surface area contributed by atoms with Crippen molar-refractivity contribution in [1.82, 2.24) is 10.2 Å². The summed E-state index contributed by atoms with van der Waals surface area (Å²) < 4.78 is 0. The highest BCUT2D eigenvalue weighted by Gasteiger charge is 2.21. The first-order valence-electron chi connectivity index (χ1n) is 10.4. The summed E-state index contributed by atoms with van der Waals surface area (Å²) in [6.45, 7) is 11.6. The number of unbranched alkanes of at least 4 members (excludes halogenated alkanes) is 1. The van der Waals surface area contributed by atoms with E-state index in [0.29, 0.717) is 23.5 Å². The fourth-order valence-electron chi connectivity index (χ4n) is 3.99. The van der Waals surface area contributed by atoms with Gasteiger partial charge in [-0.2, -0.15) is 0 Å². The van der Waals surface area contributed by atoms with E-state index in [0.717, 1.165) is 44.3 Å². The Hall–Kier alpha value is -2.41. The Morgan fingerprint density at radius 3 is 2.24 bits per heavy atom. The van der Waals surface area contributed by atoms with Crippen molar-refractivity contribution >= 4 is 29.1 Å². The van der Waals surface area contributed by atoms with Gasteiger partial charge in [-0.15, -0.1) is 0 Å². The Balaban J connectivity index is 1.71. The van der Waals surface area contributed by atoms with Crippen molar-refractivity contribution in [3.05, 3.63) is 23.8 Å². The van der Waals surface area contributed by atoms with Gasteiger partial charge in [-0.05, 0) is 62.3 Å². The minimum absolute atomic E-state index is 0.192. The summed E-state index contributed by atoms with van der Waals surface area (Å²) in [4.78, 5) is 38.0. The molecule has 1 fully saturated rings. The lowest BCUT2D eigenvalue weighted by atomic mass is 9.92. The predicted octanol–water partition coefficient (Wildman–Crippen LogP) is 2.77. The normalized spacial score (nSPS) is 19.4. The number of carbonyl (C=O) groups excluding carboxylic acids is 3. The second-order valence-corrected chi connectivity index (χ2v) is 8.28. The quantitative estimate of drug-likeness (QED) is 0.483. The van der Waals surface area contributed by atoms with Crippen molar-refractivity contribution in [2.24, 2.45) is 11.8 Å². The molecule has 0 bridgehead atoms. The Bertz CT molecular complexity index is 725. The first-order valence-corrected chi connectivity index (χ1v) is 10.4. The third kappa shape index (κ3) is 7.49. The van der Waals surface area contributed by atoms with Crippen LogP contribution >= 0.6 is 0 Å². The van der Waals surface area contributed by atoms with Gasteiger partial charge in [0.05, 0.1) is 0 Å². The molecule has 7 heteroatoms. The van der Waals surface area contributed by atoms with Crippen LogP contribution in [0.1, 0.15) is 45.6 Å². The van der Waals surface area contributed by atoms with Crippen LogP contribution in [0.5, 0.6) is 0 Å². The number of piperidine rings is 1. The van der Waals surface area contributed by atoms with Gasteiger partial charge in [0.1, 0.15) is 0 Å². The average molecular weight is 403 g/mol. The van der Waals surface area contributed by atoms with Crippen LogP contribution in [-0.2, 0) is 14.4 Å². The number of carbonyl (C=O) groups is 3. The highest BCUT2D eigenvalue weighted by Crippen LogP contribution is 2.23. The number of hydrogen-bond donors (Lipinski definition) is 3. The Kier molecular flexibility index (Phi) is 8.64. The first-order chi connectivity index (χ1) is 13.8. The Morgan fingerprint density at radius 1 is 1.00 bits per heavy atom. The molecule has 1 aliphatic heterocycles. The van der Waals surface area contributed by atoms with Crippen LogP contribution in [0.4, 0.5) is 11.4 Å². The molecule has 0 aromatic heterocycles. The van der Waals surface area contributed by atoms with Crippen LogP contribution < -0.4 is 16.0 Å². The Labute approximate surface area is 173 Å². The molecule has 1 aromatic carbocycles. The van der Waals surface area contributed by atoms with E-state index in [-0.39, 0.29) is 5.91 Å². The molecule has 1 saturated heterocycles. The number of likely N-dealkylation sites (tertiary alicyclic amines) is 1. The Morgan fingerprint density at radius 2 is 1.62 bits per heavy atom. The molecule has 0 saturated carbocycles. The molecule has 160 valence electrons. The molecule has 2 rings (SSSR count). The molecule has 2 unspecified atom stereocenters. The third-order valence-corrected chi connectivity index (χ3v) is 5.23. The fraction of sp³-hybridized carbons (Fsp3) is 0.591. The van der Waals surface area contributed by atoms with Gasteiger partial charge < -0.3 is 20.9 Å². The van der Waals surface area contributed by atoms with Gasteiger partial charge in [0.15, 0.2) is 0 Å². The standard InChI is InChI=1S/C22H34N4O3/c1-15-12-16(2)14-26(13-15)11-6-5-10-23-21(28)22(29)25-20-9-7-8-19(17(20)3)24-18(4)27/h7-9,15-16H,5-6,10-14H2,1-4H3,(H,23,28)(H,24,27)(H,25,29). The van der Waals surface area contributed by atoms with Crippen molar-refractivity contribution < 1.29 is 14.4 Å². The number of rotatable bonds is 7. The van der Waals surface area contributed by atoms with Crippen LogP contribution in [0, 0.1) is 18.8 Å². The topological polar surface area (TPSA) is 90.5 Å². The van der Waals surface area contributed by atoms with E-state index in [1.807, 2.05) is 0 Å². The summed E-state index contributed by atoms with van der Waals surface area (Å²) in [5.41, 5.74) is 1.82. The minimum Gasteiger partial charge on any atom is -0.348 e. The molecule has 1 aromatic rings. The van der Waals surface area contributed by atoms with Crippen molar-refractivity contribution in [3.63, 3.8) is 0 Å². The highest BCUT2D eigenvalue weighted by atomic mass is 16.2. The molecule has 0 spiro atoms. The number of nitrogens with zero attached hydrogens (tertiary/aromatic N) is 1. The van der Waals surface area contributed by atoms with Crippen LogP contribution in [0.15, 0.2) is 18.2 Å². The molecular formula is C22H34N4O3. The fourth-order valence-corrected chi connectivity index (χ4v) is 3.99. The van der Waals surface area contributed by atoms with Crippen LogP contribution in [0.3, 0.4) is 0 Å². The van der Waals surface area contributed by atoms with Crippen molar-refractivity contribution in [2.45, 2.75) is 47.0 Å². The summed E-state index contributed by atoms with van der Waals surface area (Å²) in [6.07, 6.45) is 3.14. The minimum atomic E-state index is -0.702. The molecule has 3 N–H and O–H groups in total. The summed E-state index contributed by atoms with van der Waals surface area (Å²) in [6, 6.07) is 5.16. The number of hydrogen-bond acceptors (Lipinski definition) is 4. The lowest BCUT2D eigenvalue weighted by Gasteiger charge is -2.34. The highest BCUT2D eigenvalue weighted by molar-refractivity contribution is 6.39. The average Bonchev–Trinajstić information content (AvgIpc) is 2.63. The monoisotopic (exact) mass is 402 g/mol. The van der Waals surface area contributed by atoms with Gasteiger partial charge in [-0.25, -0.2) is 0 Å². The van der Waals surface area contributed by atoms with Gasteiger partial charge >= 0.3 is 11.8 Å². The van der Waals surface area contributed by atoms with Crippen LogP contribution in [-0.4, -0.2) is 48.8 Å². The maximum atomic E-state index is 12.2. The van der Waals surface area contributed by atoms with Crippen molar-refractivity contribution in [2.75, 3.05) is 36.8 Å². The van der Waals surface area contributed by atoms with E-state index in [9.17, 15) is 14.4 Å². The lowest BCUT2D eigenvalue weighted by Crippen LogP contribution is -2.39. The largest absolute Gasteiger partial charge is 0.348 e. The summed E-state index contributed by atoms with van der Waals surface area (Å²) in [7, 11) is 0. The van der Waals surface area contributed by atoms with E-state index in [1.165, 1.54) is 13.3 Å². The van der Waals surface area contributed by atoms with E-state index in [2.05, 4.69) is 34.7 Å². The van der Waals surface area contributed by atoms with Gasteiger partial charge in [-0.1, -0.05) is 19.9 Å². The summed E-state index contributed by atoms with van der Waals surface area (Å²) in [5.74, 6) is -0.0476. The number of anilines is 2. The summed E-state index contributed by atoms with van der Waals surface area (Å²) in [5, 5.41) is 8.00. The van der Waals surface area contributed by atoms with Crippen LogP contribution in [0.25, 0.3) is 0 Å². The molecule has 1 heterocycles. The molecule has 0 aliphatic carbocycles. The number of nitrogens with one attached hydrogen (secondary N) is 3. The first kappa shape index (κ1) is 22.9. The maximum absolute atomic E-state index is 12.2. The third-order valence-electron chi connectivity index (χ3n) is 5.23. The lowest BCUT2D eigenvalue weighted by molar-refractivity contribution is -0.136. The smallest absolute Gasteiger partial charge is 0.313 e. The molecule has 1 aliphatic rings. The zero-order valence-corrected chi connectivity index (χ0v) is 18.0. The van der Waals surface area contributed by atoms with E-state index in [4.69, 9.17) is 0 Å². The predicted molar refractivity (Wildman–Crippen MR) is 116 cm³/mol. The van der Waals surface area contributed by atoms with Gasteiger partial charge in [-0.3, -0.25) is 14.4 Å². The second-order valence-electron chi connectivity index (χ2n) is 8.28. The molecule has 0 radical (unpaired) electrons. The SMILES string of the molecule is CC(=O)Nc1cccc(NC(=O)C(=O)NCCCCN2CC(C)CC(C)C2)c1C. The molecular weight excluding hydrogens is 368 g/mol. The second kappa shape index (κ2) is 11.0. The molecule has 7 nitrogen and oxygen atoms in total. The number of amides is 3. The molecule has 2 atom stereocenters.